The monoisotopic (exact) mass is 246 g/mol. The van der Waals surface area contributed by atoms with Gasteiger partial charge in [0, 0.05) is 5.69 Å². The van der Waals surface area contributed by atoms with Crippen LogP contribution in [-0.2, 0) is 6.42 Å². The molecule has 3 heterocycles. The number of nitrogens with zero attached hydrogens (tertiary/aromatic N) is 4. The van der Waals surface area contributed by atoms with E-state index < -0.39 is 0 Å². The van der Waals surface area contributed by atoms with Gasteiger partial charge in [-0.1, -0.05) is 19.1 Å². The molecule has 17 heavy (non-hydrogen) atoms. The van der Waals surface area contributed by atoms with Crippen LogP contribution in [0.4, 0.5) is 0 Å². The first-order chi connectivity index (χ1) is 8.29. The van der Waals surface area contributed by atoms with Crippen molar-refractivity contribution in [1.29, 1.82) is 0 Å². The van der Waals surface area contributed by atoms with Crippen LogP contribution < -0.4 is 0 Å². The largest absolute Gasteiger partial charge is 0.340 e. The Morgan fingerprint density at radius 3 is 3.00 bits per heavy atom. The fourth-order valence-corrected chi connectivity index (χ4v) is 1.98. The normalized spacial score (nSPS) is 11.1. The van der Waals surface area contributed by atoms with Gasteiger partial charge in [-0.3, -0.25) is 5.10 Å². The average Bonchev–Trinajstić information content (AvgIpc) is 2.94. The van der Waals surface area contributed by atoms with Gasteiger partial charge in [-0.2, -0.15) is 0 Å². The van der Waals surface area contributed by atoms with Crippen molar-refractivity contribution >= 4 is 23.4 Å². The van der Waals surface area contributed by atoms with Crippen molar-refractivity contribution in [1.82, 2.24) is 29.7 Å². The summed E-state index contributed by atoms with van der Waals surface area (Å²) in [4.78, 5) is 15.4. The summed E-state index contributed by atoms with van der Waals surface area (Å²) < 4.78 is 2.45. The zero-order valence-corrected chi connectivity index (χ0v) is 9.95. The van der Waals surface area contributed by atoms with Gasteiger partial charge in [0.2, 0.25) is 0 Å². The fraction of sp³-hybridized carbons (Fsp3) is 0.200. The molecule has 0 unspecified atom stereocenters. The first-order valence-electron chi connectivity index (χ1n) is 5.25. The molecular weight excluding hydrogens is 236 g/mol. The summed E-state index contributed by atoms with van der Waals surface area (Å²) in [7, 11) is 0. The van der Waals surface area contributed by atoms with Gasteiger partial charge in [-0.05, 0) is 12.5 Å². The predicted octanol–water partition coefficient (Wildman–Crippen LogP) is 1.76. The van der Waals surface area contributed by atoms with Gasteiger partial charge in [0.1, 0.15) is 16.5 Å². The van der Waals surface area contributed by atoms with Gasteiger partial charge >= 0.3 is 0 Å². The topological polar surface area (TPSA) is 75.2 Å². The third-order valence-electron chi connectivity index (χ3n) is 2.57. The smallest absolute Gasteiger partial charge is 0.182 e. The highest BCUT2D eigenvalue weighted by Crippen LogP contribution is 2.15. The lowest BCUT2D eigenvalue weighted by Crippen LogP contribution is -2.02. The summed E-state index contributed by atoms with van der Waals surface area (Å²) in [6.45, 7) is 2.07. The van der Waals surface area contributed by atoms with E-state index >= 15 is 0 Å². The van der Waals surface area contributed by atoms with Crippen molar-refractivity contribution < 1.29 is 0 Å². The highest BCUT2D eigenvalue weighted by molar-refractivity contribution is 7.71. The van der Waals surface area contributed by atoms with E-state index in [9.17, 15) is 0 Å². The van der Waals surface area contributed by atoms with Crippen molar-refractivity contribution in [2.24, 2.45) is 0 Å². The number of imidazole rings is 1. The minimum absolute atomic E-state index is 0.629. The number of aryl methyl sites for hydroxylation is 1. The van der Waals surface area contributed by atoms with Gasteiger partial charge in [0.05, 0.1) is 6.33 Å². The molecule has 0 spiro atoms. The van der Waals surface area contributed by atoms with Crippen LogP contribution >= 0.6 is 12.2 Å². The first kappa shape index (κ1) is 10.2. The van der Waals surface area contributed by atoms with E-state index in [1.165, 1.54) is 6.33 Å². The van der Waals surface area contributed by atoms with Gasteiger partial charge in [-0.15, -0.1) is 0 Å². The molecule has 0 aliphatic carbocycles. The fourth-order valence-electron chi connectivity index (χ4n) is 1.70. The molecule has 3 aromatic heterocycles. The quantitative estimate of drug-likeness (QED) is 0.676. The van der Waals surface area contributed by atoms with E-state index in [0.717, 1.165) is 17.6 Å². The molecule has 0 aromatic carbocycles. The second kappa shape index (κ2) is 3.77. The maximum Gasteiger partial charge on any atom is 0.182 e. The minimum atomic E-state index is 0.629. The summed E-state index contributed by atoms with van der Waals surface area (Å²) in [6, 6.07) is 1.93. The Balaban J connectivity index is 2.30. The second-order valence-corrected chi connectivity index (χ2v) is 4.03. The molecule has 2 N–H and O–H groups in total. The van der Waals surface area contributed by atoms with E-state index in [2.05, 4.69) is 32.0 Å². The van der Waals surface area contributed by atoms with E-state index in [1.54, 1.807) is 11.0 Å². The molecule has 0 saturated carbocycles. The zero-order valence-electron chi connectivity index (χ0n) is 9.14. The van der Waals surface area contributed by atoms with Crippen molar-refractivity contribution in [3.05, 3.63) is 29.1 Å². The van der Waals surface area contributed by atoms with Crippen LogP contribution in [0.15, 0.2) is 18.7 Å². The molecule has 3 aromatic rings. The number of H-pyrrole nitrogens is 2. The van der Waals surface area contributed by atoms with E-state index in [1.807, 2.05) is 6.07 Å². The van der Waals surface area contributed by atoms with Crippen LogP contribution in [0.2, 0.25) is 0 Å². The molecule has 0 fully saturated rings. The lowest BCUT2D eigenvalue weighted by molar-refractivity contribution is 0.810. The third-order valence-corrected chi connectivity index (χ3v) is 2.87. The van der Waals surface area contributed by atoms with Crippen LogP contribution in [0.25, 0.3) is 17.0 Å². The Morgan fingerprint density at radius 2 is 2.24 bits per heavy atom. The van der Waals surface area contributed by atoms with Crippen molar-refractivity contribution in [3.8, 4) is 5.82 Å². The van der Waals surface area contributed by atoms with E-state index in [0.29, 0.717) is 16.1 Å². The highest BCUT2D eigenvalue weighted by atomic mass is 32.1. The summed E-state index contributed by atoms with van der Waals surface area (Å²) in [5, 5.41) is 3.20. The molecule has 0 aliphatic rings. The SMILES string of the molecule is CCc1cc(=S)n(-c2ncnc3nc[nH]c23)[nH]1. The third kappa shape index (κ3) is 1.55. The van der Waals surface area contributed by atoms with Crippen molar-refractivity contribution in [2.45, 2.75) is 13.3 Å². The number of fused-ring (bicyclic) bond motifs is 1. The molecule has 0 amide bonds. The van der Waals surface area contributed by atoms with E-state index in [4.69, 9.17) is 12.2 Å². The number of hydrogen-bond acceptors (Lipinski definition) is 4. The van der Waals surface area contributed by atoms with Gasteiger partial charge < -0.3 is 4.98 Å². The second-order valence-electron chi connectivity index (χ2n) is 3.61. The van der Waals surface area contributed by atoms with Crippen LogP contribution in [0.1, 0.15) is 12.6 Å². The number of aromatic amines is 2. The van der Waals surface area contributed by atoms with E-state index in [-0.39, 0.29) is 0 Å². The maximum atomic E-state index is 5.30. The Kier molecular flexibility index (Phi) is 2.25. The van der Waals surface area contributed by atoms with Crippen molar-refractivity contribution in [3.63, 3.8) is 0 Å². The number of hydrogen-bond donors (Lipinski definition) is 2. The summed E-state index contributed by atoms with van der Waals surface area (Å²) in [6.07, 6.45) is 3.97. The van der Waals surface area contributed by atoms with Gasteiger partial charge in [0.25, 0.3) is 0 Å². The predicted molar refractivity (Wildman–Crippen MR) is 65.6 cm³/mol. The molecule has 0 saturated heterocycles. The van der Waals surface area contributed by atoms with Crippen LogP contribution in [-0.4, -0.2) is 29.7 Å². The highest BCUT2D eigenvalue weighted by Gasteiger charge is 2.09. The Hall–Kier alpha value is -2.02. The Bertz CT molecular complexity index is 722. The first-order valence-corrected chi connectivity index (χ1v) is 5.66. The maximum absolute atomic E-state index is 5.30. The number of aromatic nitrogens is 6. The number of nitrogens with one attached hydrogen (secondary N) is 2. The Labute approximate surface area is 102 Å². The number of rotatable bonds is 2. The molecular formula is C10H10N6S. The summed E-state index contributed by atoms with van der Waals surface area (Å²) in [5.74, 6) is 0.692. The molecule has 6 nitrogen and oxygen atoms in total. The van der Waals surface area contributed by atoms with Crippen LogP contribution in [0, 0.1) is 4.64 Å². The lowest BCUT2D eigenvalue weighted by atomic mass is 10.4. The molecule has 0 atom stereocenters. The van der Waals surface area contributed by atoms with Crippen LogP contribution in [0.3, 0.4) is 0 Å². The van der Waals surface area contributed by atoms with Crippen molar-refractivity contribution in [2.75, 3.05) is 0 Å². The molecule has 0 aliphatic heterocycles. The average molecular weight is 246 g/mol. The molecule has 0 bridgehead atoms. The van der Waals surface area contributed by atoms with Gasteiger partial charge in [0.15, 0.2) is 11.5 Å². The summed E-state index contributed by atoms with van der Waals surface area (Å²) in [5.41, 5.74) is 2.47. The standard InChI is InChI=1S/C10H10N6S/c1-2-6-3-7(17)16(15-6)10-8-9(12-4-11-8)13-5-14-10/h3-5,15H,2H2,1H3,(H,11,12,13,14). The molecule has 86 valence electrons. The zero-order chi connectivity index (χ0) is 11.8. The minimum Gasteiger partial charge on any atom is -0.340 e. The molecule has 0 radical (unpaired) electrons. The van der Waals surface area contributed by atoms with Crippen LogP contribution in [0.5, 0.6) is 0 Å². The lowest BCUT2D eigenvalue weighted by Gasteiger charge is -2.02. The van der Waals surface area contributed by atoms with Gasteiger partial charge in [-0.25, -0.2) is 19.6 Å². The molecule has 7 heteroatoms. The summed E-state index contributed by atoms with van der Waals surface area (Å²) >= 11 is 5.30. The Morgan fingerprint density at radius 1 is 1.35 bits per heavy atom. The molecule has 3 rings (SSSR count).